The topological polar surface area (TPSA) is 116 Å². The number of hydrogen-bond acceptors (Lipinski definition) is 8. The molecule has 1 aromatic rings. The van der Waals surface area contributed by atoms with Gasteiger partial charge in [0.2, 0.25) is 5.91 Å². The second kappa shape index (κ2) is 9.45. The first-order chi connectivity index (χ1) is 12.8. The van der Waals surface area contributed by atoms with Crippen LogP contribution in [0.4, 0.5) is 0 Å². The Morgan fingerprint density at radius 1 is 1.43 bits per heavy atom. The number of nitrogens with one attached hydrogen (secondary N) is 1. The van der Waals surface area contributed by atoms with E-state index in [1.165, 1.54) is 30.0 Å². The van der Waals surface area contributed by atoms with E-state index in [1.807, 2.05) is 17.5 Å². The summed E-state index contributed by atoms with van der Waals surface area (Å²) in [6.45, 7) is 2.77. The number of aliphatic carboxylic acids is 1. The Hall–Kier alpha value is -1.33. The number of fused-ring (bicyclic) bond motifs is 1. The van der Waals surface area contributed by atoms with Crippen molar-refractivity contribution in [3.8, 4) is 0 Å². The van der Waals surface area contributed by atoms with E-state index in [4.69, 9.17) is 4.74 Å². The summed E-state index contributed by atoms with van der Waals surface area (Å²) in [6, 6.07) is 2.87. The van der Waals surface area contributed by atoms with Gasteiger partial charge < -0.3 is 20.0 Å². The van der Waals surface area contributed by atoms with Crippen molar-refractivity contribution in [3.63, 3.8) is 0 Å². The van der Waals surface area contributed by atoms with E-state index >= 15 is 0 Å². The maximum Gasteiger partial charge on any atom is 1.00 e. The van der Waals surface area contributed by atoms with Crippen LogP contribution in [0.15, 0.2) is 28.8 Å². The molecule has 1 unspecified atom stereocenters. The zero-order chi connectivity index (χ0) is 19.7. The fraction of sp³-hybridized carbons (Fsp3) is 0.412. The number of carbonyl (C=O) groups excluding carboxylic acids is 4. The molecule has 3 atom stereocenters. The van der Waals surface area contributed by atoms with E-state index in [2.05, 4.69) is 5.32 Å². The number of thioether (sulfide) groups is 1. The van der Waals surface area contributed by atoms with E-state index in [0.29, 0.717) is 5.57 Å². The van der Waals surface area contributed by atoms with Crippen LogP contribution in [-0.4, -0.2) is 51.9 Å². The molecule has 2 aliphatic rings. The predicted molar refractivity (Wildman–Crippen MR) is 96.3 cm³/mol. The van der Waals surface area contributed by atoms with Gasteiger partial charge in [-0.2, -0.15) is 0 Å². The van der Waals surface area contributed by atoms with Gasteiger partial charge in [-0.3, -0.25) is 19.3 Å². The van der Waals surface area contributed by atoms with Crippen LogP contribution in [0.5, 0.6) is 0 Å². The third kappa shape index (κ3) is 4.62. The van der Waals surface area contributed by atoms with Gasteiger partial charge in [0.25, 0.3) is 5.91 Å². The molecule has 2 aliphatic heterocycles. The SMILES string of the molecule is CC(=O)OC(C)C1=C(C(=O)[O-])N2C(=O)[C@@H](NC(=O)Cc3cccs3)[C@@H]2SC1.[Na+]. The number of carbonyl (C=O) groups is 4. The minimum atomic E-state index is -1.51. The summed E-state index contributed by atoms with van der Waals surface area (Å²) in [5.74, 6) is -2.61. The molecule has 0 saturated carbocycles. The number of nitrogens with zero attached hydrogens (tertiary/aromatic N) is 1. The van der Waals surface area contributed by atoms with Gasteiger partial charge in [-0.25, -0.2) is 0 Å². The average Bonchev–Trinajstić information content (AvgIpc) is 3.10. The Labute approximate surface area is 192 Å². The molecular weight excluding hydrogens is 415 g/mol. The molecule has 2 amide bonds. The molecule has 0 aliphatic carbocycles. The summed E-state index contributed by atoms with van der Waals surface area (Å²) in [6.07, 6.45) is -0.624. The quantitative estimate of drug-likeness (QED) is 0.284. The molecule has 0 aromatic carbocycles. The molecule has 1 aromatic heterocycles. The van der Waals surface area contributed by atoms with Gasteiger partial charge in [0.15, 0.2) is 0 Å². The fourth-order valence-electron chi connectivity index (χ4n) is 3.06. The molecule has 1 saturated heterocycles. The minimum absolute atomic E-state index is 0. The summed E-state index contributed by atoms with van der Waals surface area (Å²) in [5, 5.41) is 15.6. The van der Waals surface area contributed by atoms with E-state index in [9.17, 15) is 24.3 Å². The van der Waals surface area contributed by atoms with Gasteiger partial charge in [-0.15, -0.1) is 23.1 Å². The molecule has 144 valence electrons. The van der Waals surface area contributed by atoms with Crippen molar-refractivity contribution < 1.29 is 58.6 Å². The number of carboxylic acid groups (broad SMARTS) is 1. The van der Waals surface area contributed by atoms with Crippen molar-refractivity contribution in [1.29, 1.82) is 0 Å². The third-order valence-corrected chi connectivity index (χ3v) is 6.43. The Bertz CT molecular complexity index is 826. The molecule has 28 heavy (non-hydrogen) atoms. The molecular formula is C17H17N2NaO6S2. The number of carboxylic acids is 1. The first-order valence-corrected chi connectivity index (χ1v) is 10.1. The number of esters is 1. The van der Waals surface area contributed by atoms with Crippen molar-refractivity contribution in [2.24, 2.45) is 0 Å². The summed E-state index contributed by atoms with van der Waals surface area (Å²) < 4.78 is 5.06. The van der Waals surface area contributed by atoms with Gasteiger partial charge >= 0.3 is 35.5 Å². The Morgan fingerprint density at radius 2 is 2.14 bits per heavy atom. The molecule has 1 N–H and O–H groups in total. The molecule has 1 fully saturated rings. The summed E-state index contributed by atoms with van der Waals surface area (Å²) in [4.78, 5) is 49.4. The number of rotatable bonds is 6. The summed E-state index contributed by atoms with van der Waals surface area (Å²) in [5.41, 5.74) is 0.0319. The normalized spacial score (nSPS) is 21.8. The number of amides is 2. The monoisotopic (exact) mass is 432 g/mol. The van der Waals surface area contributed by atoms with Crippen LogP contribution in [0.25, 0.3) is 0 Å². The van der Waals surface area contributed by atoms with Crippen LogP contribution in [0.1, 0.15) is 18.7 Å². The summed E-state index contributed by atoms with van der Waals surface area (Å²) >= 11 is 2.76. The van der Waals surface area contributed by atoms with Crippen molar-refractivity contribution >= 4 is 46.9 Å². The van der Waals surface area contributed by atoms with Crippen LogP contribution in [-0.2, 0) is 30.3 Å². The van der Waals surface area contributed by atoms with E-state index < -0.39 is 35.4 Å². The molecule has 0 spiro atoms. The molecule has 11 heteroatoms. The zero-order valence-corrected chi connectivity index (χ0v) is 19.2. The Morgan fingerprint density at radius 3 is 2.71 bits per heavy atom. The Balaban J connectivity index is 0.00000280. The van der Waals surface area contributed by atoms with E-state index in [0.717, 1.165) is 9.78 Å². The largest absolute Gasteiger partial charge is 1.00 e. The second-order valence-electron chi connectivity index (χ2n) is 6.12. The third-order valence-electron chi connectivity index (χ3n) is 4.26. The van der Waals surface area contributed by atoms with Gasteiger partial charge in [0, 0.05) is 23.1 Å². The molecule has 0 radical (unpaired) electrons. The average molecular weight is 432 g/mol. The Kier molecular flexibility index (Phi) is 7.74. The number of ether oxygens (including phenoxy) is 1. The van der Waals surface area contributed by atoms with Crippen LogP contribution in [0, 0.1) is 0 Å². The van der Waals surface area contributed by atoms with Gasteiger partial charge in [0.1, 0.15) is 17.5 Å². The maximum atomic E-state index is 12.5. The van der Waals surface area contributed by atoms with Crippen LogP contribution in [0.3, 0.4) is 0 Å². The van der Waals surface area contributed by atoms with Gasteiger partial charge in [-0.05, 0) is 18.4 Å². The van der Waals surface area contributed by atoms with Gasteiger partial charge in [-0.1, -0.05) is 6.07 Å². The van der Waals surface area contributed by atoms with Crippen molar-refractivity contribution in [2.75, 3.05) is 5.75 Å². The smallest absolute Gasteiger partial charge is 0.543 e. The fourth-order valence-corrected chi connectivity index (χ4v) is 5.22. The predicted octanol–water partition coefficient (Wildman–Crippen LogP) is -3.35. The first kappa shape index (κ1) is 23.0. The minimum Gasteiger partial charge on any atom is -0.543 e. The van der Waals surface area contributed by atoms with Crippen LogP contribution < -0.4 is 40.0 Å². The first-order valence-electron chi connectivity index (χ1n) is 8.17. The van der Waals surface area contributed by atoms with E-state index in [-0.39, 0.29) is 53.3 Å². The number of β-lactam (4-membered cyclic amide) rings is 1. The molecule has 0 bridgehead atoms. The second-order valence-corrected chi connectivity index (χ2v) is 8.26. The zero-order valence-electron chi connectivity index (χ0n) is 15.6. The number of thiophene rings is 1. The van der Waals surface area contributed by atoms with Crippen molar-refractivity contribution in [1.82, 2.24) is 10.2 Å². The number of hydrogen-bond donors (Lipinski definition) is 1. The molecule has 3 rings (SSSR count). The molecule has 3 heterocycles. The standard InChI is InChI=1S/C17H18N2O6S2.Na/c1-8(25-9(2)20)11-7-27-16-13(15(22)19(16)14(11)17(23)24)18-12(21)6-10-4-3-5-26-10;/h3-5,8,13,16H,6-7H2,1-2H3,(H,18,21)(H,23,24);/q;+1/p-1/t8?,13-,16+;/m1./s1. The van der Waals surface area contributed by atoms with Crippen LogP contribution in [0.2, 0.25) is 0 Å². The van der Waals surface area contributed by atoms with Crippen LogP contribution >= 0.6 is 23.1 Å². The van der Waals surface area contributed by atoms with Crippen molar-refractivity contribution in [2.45, 2.75) is 37.8 Å². The van der Waals surface area contributed by atoms with Crippen molar-refractivity contribution in [3.05, 3.63) is 33.7 Å². The summed E-state index contributed by atoms with van der Waals surface area (Å²) in [7, 11) is 0. The maximum absolute atomic E-state index is 12.5. The van der Waals surface area contributed by atoms with Gasteiger partial charge in [0.05, 0.1) is 18.1 Å². The van der Waals surface area contributed by atoms with E-state index in [1.54, 1.807) is 6.92 Å². The molecule has 8 nitrogen and oxygen atoms in total.